The van der Waals surface area contributed by atoms with E-state index in [1.165, 1.54) is 0 Å². The summed E-state index contributed by atoms with van der Waals surface area (Å²) in [6, 6.07) is 0.514. The molecule has 1 aliphatic rings. The summed E-state index contributed by atoms with van der Waals surface area (Å²) in [4.78, 5) is 20.7. The van der Waals surface area contributed by atoms with Crippen LogP contribution in [0.5, 0.6) is 0 Å². The van der Waals surface area contributed by atoms with Crippen molar-refractivity contribution in [3.63, 3.8) is 0 Å². The Bertz CT molecular complexity index is 577. The first kappa shape index (κ1) is 15.0. The Kier molecular flexibility index (Phi) is 3.45. The van der Waals surface area contributed by atoms with Crippen LogP contribution in [-0.2, 0) is 6.18 Å². The van der Waals surface area contributed by atoms with Crippen LogP contribution in [0.1, 0.15) is 5.56 Å². The predicted octanol–water partition coefficient (Wildman–Crippen LogP) is 1.70. The minimum atomic E-state index is -4.94. The number of β-amino-alcohol motifs (C(OH)–C–C–N with tert-alkyl or cyclic N) is 1. The van der Waals surface area contributed by atoms with Crippen LogP contribution < -0.4 is 4.90 Å². The lowest BCUT2D eigenvalue weighted by Crippen LogP contribution is -2.51. The van der Waals surface area contributed by atoms with Gasteiger partial charge in [0.05, 0.1) is 21.5 Å². The van der Waals surface area contributed by atoms with Gasteiger partial charge in [-0.1, -0.05) is 0 Å². The first-order valence-corrected chi connectivity index (χ1v) is 5.58. The van der Waals surface area contributed by atoms with Gasteiger partial charge in [0.1, 0.15) is 0 Å². The molecule has 114 valence electrons. The third-order valence-corrected chi connectivity index (χ3v) is 2.97. The fourth-order valence-corrected chi connectivity index (χ4v) is 2.01. The Morgan fingerprint density at radius 3 is 1.86 bits per heavy atom. The molecule has 1 aromatic carbocycles. The Morgan fingerprint density at radius 2 is 1.57 bits per heavy atom. The van der Waals surface area contributed by atoms with Gasteiger partial charge in [0.25, 0.3) is 11.4 Å². The van der Waals surface area contributed by atoms with Crippen LogP contribution in [-0.4, -0.2) is 34.1 Å². The summed E-state index contributed by atoms with van der Waals surface area (Å²) in [5, 5.41) is 31.0. The number of aliphatic hydroxyl groups excluding tert-OH is 1. The molecule has 0 saturated carbocycles. The number of nitrogens with zero attached hydrogens (tertiary/aromatic N) is 3. The van der Waals surface area contributed by atoms with Gasteiger partial charge in [-0.15, -0.1) is 0 Å². The van der Waals surface area contributed by atoms with Gasteiger partial charge in [-0.05, 0) is 0 Å². The van der Waals surface area contributed by atoms with E-state index >= 15 is 0 Å². The lowest BCUT2D eigenvalue weighted by atomic mass is 10.1. The summed E-state index contributed by atoms with van der Waals surface area (Å²) in [6.07, 6.45) is -5.77. The fraction of sp³-hybridized carbons (Fsp3) is 0.400. The van der Waals surface area contributed by atoms with Crippen molar-refractivity contribution < 1.29 is 28.1 Å². The van der Waals surface area contributed by atoms with Crippen LogP contribution in [0.4, 0.5) is 30.2 Å². The maximum Gasteiger partial charge on any atom is 0.416 e. The molecule has 1 aliphatic heterocycles. The molecule has 0 spiro atoms. The molecule has 0 aromatic heterocycles. The minimum Gasteiger partial charge on any atom is -0.389 e. The summed E-state index contributed by atoms with van der Waals surface area (Å²) < 4.78 is 38.0. The van der Waals surface area contributed by atoms with Gasteiger partial charge in [-0.25, -0.2) is 0 Å². The zero-order valence-electron chi connectivity index (χ0n) is 10.2. The number of alkyl halides is 3. The monoisotopic (exact) mass is 307 g/mol. The number of nitro groups is 2. The molecule has 0 bridgehead atoms. The van der Waals surface area contributed by atoms with Gasteiger partial charge in [0.2, 0.25) is 0 Å². The van der Waals surface area contributed by atoms with E-state index in [1.54, 1.807) is 0 Å². The molecule has 8 nitrogen and oxygen atoms in total. The number of hydrogen-bond donors (Lipinski definition) is 1. The van der Waals surface area contributed by atoms with Gasteiger partial charge in [0, 0.05) is 25.2 Å². The average molecular weight is 307 g/mol. The van der Waals surface area contributed by atoms with Crippen LogP contribution in [0.25, 0.3) is 0 Å². The van der Waals surface area contributed by atoms with Crippen molar-refractivity contribution in [2.24, 2.45) is 0 Å². The largest absolute Gasteiger partial charge is 0.416 e. The molecule has 0 unspecified atom stereocenters. The smallest absolute Gasteiger partial charge is 0.389 e. The van der Waals surface area contributed by atoms with Gasteiger partial charge in [-0.2, -0.15) is 13.2 Å². The number of nitro benzene ring substituents is 2. The molecule has 1 heterocycles. The second-order valence-electron chi connectivity index (χ2n) is 4.43. The first-order valence-electron chi connectivity index (χ1n) is 5.58. The van der Waals surface area contributed by atoms with Crippen molar-refractivity contribution in [3.8, 4) is 0 Å². The van der Waals surface area contributed by atoms with E-state index in [0.29, 0.717) is 0 Å². The number of hydrogen-bond acceptors (Lipinski definition) is 6. The van der Waals surface area contributed by atoms with Crippen molar-refractivity contribution in [1.82, 2.24) is 0 Å². The van der Waals surface area contributed by atoms with Crippen LogP contribution in [0.15, 0.2) is 12.1 Å². The number of aliphatic hydroxyl groups is 1. The van der Waals surface area contributed by atoms with Gasteiger partial charge < -0.3 is 10.0 Å². The molecule has 1 saturated heterocycles. The first-order chi connectivity index (χ1) is 9.61. The highest BCUT2D eigenvalue weighted by Gasteiger charge is 2.41. The van der Waals surface area contributed by atoms with E-state index in [4.69, 9.17) is 5.11 Å². The van der Waals surface area contributed by atoms with Gasteiger partial charge in [-0.3, -0.25) is 20.2 Å². The quantitative estimate of drug-likeness (QED) is 0.672. The van der Waals surface area contributed by atoms with E-state index in [-0.39, 0.29) is 25.2 Å². The number of halogens is 3. The molecular formula is C10H8F3N3O5. The highest BCUT2D eigenvalue weighted by molar-refractivity contribution is 5.77. The van der Waals surface area contributed by atoms with E-state index in [1.807, 2.05) is 0 Å². The molecule has 0 aliphatic carbocycles. The Hall–Kier alpha value is -2.43. The van der Waals surface area contributed by atoms with Crippen LogP contribution in [0, 0.1) is 20.2 Å². The van der Waals surface area contributed by atoms with Crippen molar-refractivity contribution in [2.75, 3.05) is 18.0 Å². The molecule has 2 rings (SSSR count). The van der Waals surface area contributed by atoms with E-state index in [2.05, 4.69) is 0 Å². The summed E-state index contributed by atoms with van der Waals surface area (Å²) in [5.74, 6) is 0. The number of rotatable bonds is 3. The van der Waals surface area contributed by atoms with Crippen molar-refractivity contribution in [1.29, 1.82) is 0 Å². The van der Waals surface area contributed by atoms with Gasteiger partial charge >= 0.3 is 6.18 Å². The van der Waals surface area contributed by atoms with E-state index < -0.39 is 44.8 Å². The zero-order valence-corrected chi connectivity index (χ0v) is 10.2. The fourth-order valence-electron chi connectivity index (χ4n) is 2.01. The maximum atomic E-state index is 12.7. The summed E-state index contributed by atoms with van der Waals surface area (Å²) in [6.45, 7) is -0.236. The second kappa shape index (κ2) is 4.84. The molecule has 1 N–H and O–H groups in total. The third kappa shape index (κ3) is 2.72. The SMILES string of the molecule is O=[N+]([O-])c1cc(C(F)(F)F)cc([N+](=O)[O-])c1N1CC(O)C1. The van der Waals surface area contributed by atoms with Crippen molar-refractivity contribution >= 4 is 17.1 Å². The van der Waals surface area contributed by atoms with Crippen LogP contribution in [0.3, 0.4) is 0 Å². The second-order valence-corrected chi connectivity index (χ2v) is 4.43. The van der Waals surface area contributed by atoms with E-state index in [9.17, 15) is 33.4 Å². The van der Waals surface area contributed by atoms with Crippen LogP contribution >= 0.6 is 0 Å². The van der Waals surface area contributed by atoms with E-state index in [0.717, 1.165) is 4.90 Å². The lowest BCUT2D eigenvalue weighted by Gasteiger charge is -2.36. The molecule has 0 atom stereocenters. The highest BCUT2D eigenvalue weighted by Crippen LogP contribution is 2.44. The summed E-state index contributed by atoms with van der Waals surface area (Å²) in [7, 11) is 0. The van der Waals surface area contributed by atoms with Gasteiger partial charge in [0.15, 0.2) is 5.69 Å². The molecular weight excluding hydrogens is 299 g/mol. The zero-order chi connectivity index (χ0) is 15.9. The lowest BCUT2D eigenvalue weighted by molar-refractivity contribution is -0.393. The maximum absolute atomic E-state index is 12.7. The molecule has 11 heteroatoms. The molecule has 1 aromatic rings. The average Bonchev–Trinajstić information content (AvgIpc) is 2.32. The summed E-state index contributed by atoms with van der Waals surface area (Å²) >= 11 is 0. The number of benzene rings is 1. The Labute approximate surface area is 114 Å². The Morgan fingerprint density at radius 1 is 1.14 bits per heavy atom. The third-order valence-electron chi connectivity index (χ3n) is 2.97. The number of anilines is 1. The highest BCUT2D eigenvalue weighted by atomic mass is 19.4. The predicted molar refractivity (Wildman–Crippen MR) is 63.0 cm³/mol. The Balaban J connectivity index is 2.66. The molecule has 21 heavy (non-hydrogen) atoms. The van der Waals surface area contributed by atoms with Crippen LogP contribution in [0.2, 0.25) is 0 Å². The topological polar surface area (TPSA) is 110 Å². The standard InChI is InChI=1S/C10H8F3N3O5/c11-10(12,13)5-1-7(15(18)19)9(8(2-5)16(20)21)14-3-6(17)4-14/h1-2,6,17H,3-4H2. The molecule has 0 amide bonds. The van der Waals surface area contributed by atoms with Crippen molar-refractivity contribution in [3.05, 3.63) is 37.9 Å². The van der Waals surface area contributed by atoms with Crippen molar-refractivity contribution in [2.45, 2.75) is 12.3 Å². The molecule has 0 radical (unpaired) electrons. The normalized spacial score (nSPS) is 15.7. The summed E-state index contributed by atoms with van der Waals surface area (Å²) in [5.41, 5.74) is -4.01. The molecule has 1 fully saturated rings. The minimum absolute atomic E-state index is 0.118.